The third-order valence-electron chi connectivity index (χ3n) is 3.06. The molecule has 0 aliphatic heterocycles. The van der Waals surface area contributed by atoms with Crippen molar-refractivity contribution in [2.24, 2.45) is 0 Å². The van der Waals surface area contributed by atoms with E-state index in [1.54, 1.807) is 20.1 Å². The number of rotatable bonds is 3. The van der Waals surface area contributed by atoms with Crippen molar-refractivity contribution in [2.75, 3.05) is 7.11 Å². The zero-order valence-corrected chi connectivity index (χ0v) is 11.9. The van der Waals surface area contributed by atoms with E-state index in [0.29, 0.717) is 22.8 Å². The number of aryl methyl sites for hydroxylation is 2. The highest BCUT2D eigenvalue weighted by Gasteiger charge is 2.15. The van der Waals surface area contributed by atoms with Crippen molar-refractivity contribution in [1.82, 2.24) is 10.2 Å². The molecule has 1 aromatic heterocycles. The fourth-order valence-electron chi connectivity index (χ4n) is 1.75. The van der Waals surface area contributed by atoms with Crippen LogP contribution in [0.3, 0.4) is 0 Å². The number of nitriles is 1. The molecule has 0 spiro atoms. The van der Waals surface area contributed by atoms with E-state index in [-0.39, 0.29) is 5.88 Å². The number of aromatic nitrogens is 2. The Morgan fingerprint density at radius 2 is 1.85 bits per heavy atom. The smallest absolute Gasteiger partial charge is 0.257 e. The maximum atomic E-state index is 9.24. The van der Waals surface area contributed by atoms with Crippen molar-refractivity contribution in [1.29, 1.82) is 5.26 Å². The second kappa shape index (κ2) is 5.57. The summed E-state index contributed by atoms with van der Waals surface area (Å²) in [4.78, 5) is 0. The zero-order valence-electron chi connectivity index (χ0n) is 11.9. The topological polar surface area (TPSA) is 68.0 Å². The minimum atomic E-state index is 0.192. The third kappa shape index (κ3) is 2.54. The summed E-state index contributed by atoms with van der Waals surface area (Å²) in [5.41, 5.74) is 2.93. The molecule has 0 aliphatic rings. The van der Waals surface area contributed by atoms with E-state index in [0.717, 1.165) is 11.1 Å². The van der Waals surface area contributed by atoms with Gasteiger partial charge in [0.2, 0.25) is 0 Å². The molecule has 1 aromatic carbocycles. The molecular formula is C15H15N3O2. The van der Waals surface area contributed by atoms with Crippen molar-refractivity contribution < 1.29 is 9.47 Å². The van der Waals surface area contributed by atoms with Crippen LogP contribution in [0.4, 0.5) is 0 Å². The molecule has 0 atom stereocenters. The van der Waals surface area contributed by atoms with Crippen molar-refractivity contribution in [2.45, 2.75) is 20.8 Å². The van der Waals surface area contributed by atoms with Gasteiger partial charge in [-0.05, 0) is 44.0 Å². The highest BCUT2D eigenvalue weighted by molar-refractivity contribution is 5.49. The van der Waals surface area contributed by atoms with Crippen molar-refractivity contribution in [3.8, 4) is 23.4 Å². The van der Waals surface area contributed by atoms with Gasteiger partial charge < -0.3 is 9.47 Å². The Kier molecular flexibility index (Phi) is 3.85. The van der Waals surface area contributed by atoms with E-state index in [1.807, 2.05) is 26.0 Å². The summed E-state index contributed by atoms with van der Waals surface area (Å²) in [7, 11) is 1.57. The molecule has 2 aromatic rings. The van der Waals surface area contributed by atoms with Crippen molar-refractivity contribution in [3.05, 3.63) is 40.6 Å². The Morgan fingerprint density at radius 3 is 2.50 bits per heavy atom. The highest BCUT2D eigenvalue weighted by atomic mass is 16.5. The van der Waals surface area contributed by atoms with Crippen molar-refractivity contribution in [3.63, 3.8) is 0 Å². The first kappa shape index (κ1) is 13.8. The number of nitrogens with zero attached hydrogens (tertiary/aromatic N) is 3. The molecule has 0 aliphatic carbocycles. The molecule has 0 fully saturated rings. The second-order valence-electron chi connectivity index (χ2n) is 4.46. The predicted octanol–water partition coefficient (Wildman–Crippen LogP) is 3.07. The zero-order chi connectivity index (χ0) is 14.7. The van der Waals surface area contributed by atoms with E-state index in [1.165, 1.54) is 0 Å². The SMILES string of the molecule is COc1cc(C)ccc1Oc1nnc(C)c(C)c1C#N. The molecule has 0 unspecified atom stereocenters. The van der Waals surface area contributed by atoms with Gasteiger partial charge in [-0.1, -0.05) is 6.07 Å². The van der Waals surface area contributed by atoms with E-state index >= 15 is 0 Å². The number of methoxy groups -OCH3 is 1. The Labute approximate surface area is 117 Å². The first-order chi connectivity index (χ1) is 9.56. The van der Waals surface area contributed by atoms with Gasteiger partial charge in [0.1, 0.15) is 11.6 Å². The van der Waals surface area contributed by atoms with Crippen LogP contribution in [0.5, 0.6) is 17.4 Å². The first-order valence-corrected chi connectivity index (χ1v) is 6.13. The maximum Gasteiger partial charge on any atom is 0.257 e. The lowest BCUT2D eigenvalue weighted by atomic mass is 10.1. The maximum absolute atomic E-state index is 9.24. The summed E-state index contributed by atoms with van der Waals surface area (Å²) < 4.78 is 11.0. The summed E-state index contributed by atoms with van der Waals surface area (Å²) in [5.74, 6) is 1.29. The van der Waals surface area contributed by atoms with Crippen LogP contribution in [0.25, 0.3) is 0 Å². The summed E-state index contributed by atoms with van der Waals surface area (Å²) in [5, 5.41) is 17.2. The van der Waals surface area contributed by atoms with Gasteiger partial charge >= 0.3 is 0 Å². The molecule has 2 rings (SSSR count). The fourth-order valence-corrected chi connectivity index (χ4v) is 1.75. The van der Waals surface area contributed by atoms with Gasteiger partial charge in [-0.25, -0.2) is 0 Å². The summed E-state index contributed by atoms with van der Waals surface area (Å²) in [6, 6.07) is 7.65. The molecule has 0 saturated heterocycles. The lowest BCUT2D eigenvalue weighted by Gasteiger charge is -2.12. The lowest BCUT2D eigenvalue weighted by molar-refractivity contribution is 0.371. The number of hydrogen-bond donors (Lipinski definition) is 0. The molecule has 5 heteroatoms. The van der Waals surface area contributed by atoms with E-state index in [9.17, 15) is 5.26 Å². The molecule has 0 bridgehead atoms. The van der Waals surface area contributed by atoms with Crippen LogP contribution in [-0.2, 0) is 0 Å². The number of benzene rings is 1. The summed E-state index contributed by atoms with van der Waals surface area (Å²) >= 11 is 0. The second-order valence-corrected chi connectivity index (χ2v) is 4.46. The van der Waals surface area contributed by atoms with E-state index in [2.05, 4.69) is 16.3 Å². The molecule has 0 amide bonds. The summed E-state index contributed by atoms with van der Waals surface area (Å²) in [6.07, 6.45) is 0. The summed E-state index contributed by atoms with van der Waals surface area (Å²) in [6.45, 7) is 5.59. The Morgan fingerprint density at radius 1 is 1.10 bits per heavy atom. The quantitative estimate of drug-likeness (QED) is 0.856. The molecule has 20 heavy (non-hydrogen) atoms. The molecule has 0 saturated carbocycles. The van der Waals surface area contributed by atoms with Crippen LogP contribution in [0, 0.1) is 32.1 Å². The van der Waals surface area contributed by atoms with Crippen LogP contribution in [0.15, 0.2) is 18.2 Å². The molecule has 102 valence electrons. The molecular weight excluding hydrogens is 254 g/mol. The first-order valence-electron chi connectivity index (χ1n) is 6.13. The molecule has 1 heterocycles. The van der Waals surface area contributed by atoms with Crippen LogP contribution < -0.4 is 9.47 Å². The minimum Gasteiger partial charge on any atom is -0.493 e. The monoisotopic (exact) mass is 269 g/mol. The Hall–Kier alpha value is -2.61. The Balaban J connectivity index is 2.46. The van der Waals surface area contributed by atoms with Gasteiger partial charge in [0.25, 0.3) is 5.88 Å². The van der Waals surface area contributed by atoms with Crippen LogP contribution in [0.2, 0.25) is 0 Å². The van der Waals surface area contributed by atoms with Gasteiger partial charge in [-0.2, -0.15) is 10.4 Å². The van der Waals surface area contributed by atoms with Crippen LogP contribution in [0.1, 0.15) is 22.4 Å². The van der Waals surface area contributed by atoms with Crippen LogP contribution >= 0.6 is 0 Å². The lowest BCUT2D eigenvalue weighted by Crippen LogP contribution is -2.01. The average Bonchev–Trinajstić information content (AvgIpc) is 2.45. The van der Waals surface area contributed by atoms with Gasteiger partial charge in [0.05, 0.1) is 12.8 Å². The predicted molar refractivity (Wildman–Crippen MR) is 74.0 cm³/mol. The molecule has 0 N–H and O–H groups in total. The average molecular weight is 269 g/mol. The third-order valence-corrected chi connectivity index (χ3v) is 3.06. The van der Waals surface area contributed by atoms with E-state index < -0.39 is 0 Å². The number of ether oxygens (including phenoxy) is 2. The molecule has 0 radical (unpaired) electrons. The molecule has 5 nitrogen and oxygen atoms in total. The van der Waals surface area contributed by atoms with Gasteiger partial charge in [-0.3, -0.25) is 0 Å². The van der Waals surface area contributed by atoms with E-state index in [4.69, 9.17) is 9.47 Å². The van der Waals surface area contributed by atoms with Crippen molar-refractivity contribution >= 4 is 0 Å². The number of hydrogen-bond acceptors (Lipinski definition) is 5. The standard InChI is InChI=1S/C15H15N3O2/c1-9-5-6-13(14(7-9)19-4)20-15-12(8-16)10(2)11(3)17-18-15/h5-7H,1-4H3. The normalized spacial score (nSPS) is 9.95. The van der Waals surface area contributed by atoms with Gasteiger partial charge in [0.15, 0.2) is 11.5 Å². The minimum absolute atomic E-state index is 0.192. The fraction of sp³-hybridized carbons (Fsp3) is 0.267. The highest BCUT2D eigenvalue weighted by Crippen LogP contribution is 2.33. The largest absolute Gasteiger partial charge is 0.493 e. The van der Waals surface area contributed by atoms with Gasteiger partial charge in [0, 0.05) is 0 Å². The van der Waals surface area contributed by atoms with Gasteiger partial charge in [-0.15, -0.1) is 5.10 Å². The Bertz CT molecular complexity index is 690. The van der Waals surface area contributed by atoms with Crippen LogP contribution in [-0.4, -0.2) is 17.3 Å².